The fourth-order valence-electron chi connectivity index (χ4n) is 7.13. The fourth-order valence-corrected chi connectivity index (χ4v) is 7.13. The second-order valence-electron chi connectivity index (χ2n) is 10.7. The molecule has 0 unspecified atom stereocenters. The lowest BCUT2D eigenvalue weighted by Crippen LogP contribution is -2.53. The van der Waals surface area contributed by atoms with E-state index in [1.165, 1.54) is 5.56 Å². The number of amides is 2. The van der Waals surface area contributed by atoms with Crippen molar-refractivity contribution >= 4 is 11.8 Å². The molecule has 1 spiro atoms. The van der Waals surface area contributed by atoms with Crippen molar-refractivity contribution in [2.45, 2.75) is 56.8 Å². The van der Waals surface area contributed by atoms with E-state index in [0.717, 1.165) is 49.9 Å². The van der Waals surface area contributed by atoms with Crippen molar-refractivity contribution in [3.63, 3.8) is 0 Å². The monoisotopic (exact) mass is 471 g/mol. The van der Waals surface area contributed by atoms with Crippen molar-refractivity contribution in [1.82, 2.24) is 15.2 Å². The number of carbonyl (C=O) groups excluding carboxylic acids is 2. The van der Waals surface area contributed by atoms with E-state index in [4.69, 9.17) is 4.74 Å². The smallest absolute Gasteiger partial charge is 0.226 e. The van der Waals surface area contributed by atoms with Crippen LogP contribution in [0, 0.1) is 17.8 Å². The van der Waals surface area contributed by atoms with Gasteiger partial charge in [-0.15, -0.1) is 0 Å². The molecule has 6 nitrogen and oxygen atoms in total. The standard InChI is InChI=1S/C29H33N3O3/c1-19(33)31-26-23-4-2-3-5-25(23)29(27(26)35-18-20-8-12-30-13-9-20)10-14-32(15-11-29)28(34)24-17-21-6-7-22(24)16-21/h2-9,12-13,21-22,24,26-27H,10-11,14-18H2,1H3,(H,31,33)/t21-,22+,24+,26-,27+/m1/s1. The molecule has 3 aliphatic carbocycles. The summed E-state index contributed by atoms with van der Waals surface area (Å²) in [6.45, 7) is 3.48. The van der Waals surface area contributed by atoms with Gasteiger partial charge >= 0.3 is 0 Å². The number of aromatic nitrogens is 1. The van der Waals surface area contributed by atoms with Crippen molar-refractivity contribution in [3.8, 4) is 0 Å². The van der Waals surface area contributed by atoms with Gasteiger partial charge in [-0.2, -0.15) is 0 Å². The molecule has 1 aliphatic heterocycles. The molecule has 182 valence electrons. The molecule has 1 aromatic carbocycles. The highest BCUT2D eigenvalue weighted by Crippen LogP contribution is 2.53. The Morgan fingerprint density at radius 3 is 2.54 bits per heavy atom. The van der Waals surface area contributed by atoms with Crippen LogP contribution in [0.25, 0.3) is 0 Å². The predicted octanol–water partition coefficient (Wildman–Crippen LogP) is 3.93. The Balaban J connectivity index is 1.26. The normalized spacial score (nSPS) is 30.0. The Hall–Kier alpha value is -2.99. The Labute approximate surface area is 206 Å². The minimum Gasteiger partial charge on any atom is -0.370 e. The fraction of sp³-hybridized carbons (Fsp3) is 0.483. The summed E-state index contributed by atoms with van der Waals surface area (Å²) in [6, 6.07) is 12.2. The highest BCUT2D eigenvalue weighted by atomic mass is 16.5. The van der Waals surface area contributed by atoms with E-state index >= 15 is 0 Å². The number of fused-ring (bicyclic) bond motifs is 4. The molecule has 4 aliphatic rings. The van der Waals surface area contributed by atoms with E-state index in [9.17, 15) is 9.59 Å². The lowest BCUT2D eigenvalue weighted by atomic mass is 9.71. The van der Waals surface area contributed by atoms with Gasteiger partial charge in [-0.25, -0.2) is 0 Å². The zero-order valence-electron chi connectivity index (χ0n) is 20.2. The SMILES string of the molecule is CC(=O)N[C@@H]1c2ccccc2C2(CCN(C(=O)[C@H]3C[C@@H]4C=C[C@H]3C4)CC2)[C@H]1OCc1ccncc1. The first-order valence-electron chi connectivity index (χ1n) is 12.9. The van der Waals surface area contributed by atoms with E-state index in [-0.39, 0.29) is 29.4 Å². The van der Waals surface area contributed by atoms with Crippen LogP contribution < -0.4 is 5.32 Å². The summed E-state index contributed by atoms with van der Waals surface area (Å²) in [5.41, 5.74) is 3.22. The highest BCUT2D eigenvalue weighted by molar-refractivity contribution is 5.80. The maximum absolute atomic E-state index is 13.4. The van der Waals surface area contributed by atoms with Gasteiger partial charge in [0, 0.05) is 43.7 Å². The first-order chi connectivity index (χ1) is 17.0. The van der Waals surface area contributed by atoms with Gasteiger partial charge < -0.3 is 15.0 Å². The molecule has 1 aromatic heterocycles. The number of piperidine rings is 1. The quantitative estimate of drug-likeness (QED) is 0.671. The summed E-state index contributed by atoms with van der Waals surface area (Å²) in [5.74, 6) is 1.44. The summed E-state index contributed by atoms with van der Waals surface area (Å²) in [6.07, 6.45) is 11.7. The van der Waals surface area contributed by atoms with Gasteiger partial charge in [0.05, 0.1) is 18.8 Å². The molecule has 2 heterocycles. The minimum atomic E-state index is -0.234. The summed E-state index contributed by atoms with van der Waals surface area (Å²) in [7, 11) is 0. The molecule has 6 heteroatoms. The molecule has 2 amide bonds. The van der Waals surface area contributed by atoms with Crippen molar-refractivity contribution < 1.29 is 14.3 Å². The van der Waals surface area contributed by atoms with Crippen LogP contribution in [0.15, 0.2) is 60.9 Å². The van der Waals surface area contributed by atoms with E-state index in [1.54, 1.807) is 19.3 Å². The van der Waals surface area contributed by atoms with Crippen LogP contribution in [-0.4, -0.2) is 40.9 Å². The Morgan fingerprint density at radius 1 is 1.09 bits per heavy atom. The van der Waals surface area contributed by atoms with E-state index < -0.39 is 0 Å². The zero-order valence-corrected chi connectivity index (χ0v) is 20.2. The molecule has 1 saturated carbocycles. The summed E-state index contributed by atoms with van der Waals surface area (Å²) < 4.78 is 6.66. The number of ether oxygens (including phenoxy) is 1. The molecule has 2 bridgehead atoms. The molecule has 6 rings (SSSR count). The summed E-state index contributed by atoms with van der Waals surface area (Å²) in [4.78, 5) is 31.9. The Kier molecular flexibility index (Phi) is 5.72. The van der Waals surface area contributed by atoms with Crippen molar-refractivity contribution in [1.29, 1.82) is 0 Å². The number of hydrogen-bond donors (Lipinski definition) is 1. The maximum Gasteiger partial charge on any atom is 0.226 e. The average molecular weight is 472 g/mol. The number of benzene rings is 1. The van der Waals surface area contributed by atoms with E-state index in [0.29, 0.717) is 24.3 Å². The van der Waals surface area contributed by atoms with Gasteiger partial charge in [-0.1, -0.05) is 36.4 Å². The van der Waals surface area contributed by atoms with Crippen LogP contribution in [0.3, 0.4) is 0 Å². The molecule has 35 heavy (non-hydrogen) atoms. The van der Waals surface area contributed by atoms with E-state index in [1.807, 2.05) is 18.2 Å². The third-order valence-electron chi connectivity index (χ3n) is 8.78. The molecular weight excluding hydrogens is 438 g/mol. The molecule has 5 atom stereocenters. The van der Waals surface area contributed by atoms with Gasteiger partial charge in [-0.3, -0.25) is 14.6 Å². The molecule has 1 saturated heterocycles. The van der Waals surface area contributed by atoms with Gasteiger partial charge in [-0.05, 0) is 66.3 Å². The van der Waals surface area contributed by atoms with Crippen LogP contribution in [-0.2, 0) is 26.3 Å². The average Bonchev–Trinajstić information content (AvgIpc) is 3.58. The number of hydrogen-bond acceptors (Lipinski definition) is 4. The number of rotatable bonds is 5. The largest absolute Gasteiger partial charge is 0.370 e. The zero-order chi connectivity index (χ0) is 24.0. The van der Waals surface area contributed by atoms with Gasteiger partial charge in [0.15, 0.2) is 0 Å². The Bertz CT molecular complexity index is 1140. The van der Waals surface area contributed by atoms with Crippen molar-refractivity contribution in [2.24, 2.45) is 17.8 Å². The lowest BCUT2D eigenvalue weighted by Gasteiger charge is -2.45. The second kappa shape index (κ2) is 8.90. The number of likely N-dealkylation sites (tertiary alicyclic amines) is 1. The first kappa shape index (κ1) is 22.5. The Morgan fingerprint density at radius 2 is 1.86 bits per heavy atom. The molecule has 0 radical (unpaired) electrons. The first-order valence-corrected chi connectivity index (χ1v) is 12.9. The van der Waals surface area contributed by atoms with Crippen LogP contribution in [0.2, 0.25) is 0 Å². The van der Waals surface area contributed by atoms with Crippen molar-refractivity contribution in [3.05, 3.63) is 77.6 Å². The van der Waals surface area contributed by atoms with Gasteiger partial charge in [0.2, 0.25) is 11.8 Å². The minimum absolute atomic E-state index is 0.0590. The lowest BCUT2D eigenvalue weighted by molar-refractivity contribution is -0.139. The predicted molar refractivity (Wildman–Crippen MR) is 132 cm³/mol. The summed E-state index contributed by atoms with van der Waals surface area (Å²) in [5, 5.41) is 3.19. The number of carbonyl (C=O) groups is 2. The number of pyridine rings is 1. The molecule has 1 N–H and O–H groups in total. The maximum atomic E-state index is 13.4. The van der Waals surface area contributed by atoms with Gasteiger partial charge in [0.1, 0.15) is 0 Å². The van der Waals surface area contributed by atoms with Crippen LogP contribution >= 0.6 is 0 Å². The topological polar surface area (TPSA) is 71.5 Å². The van der Waals surface area contributed by atoms with E-state index in [2.05, 4.69) is 45.6 Å². The molecule has 2 fully saturated rings. The third kappa shape index (κ3) is 3.88. The van der Waals surface area contributed by atoms with Crippen LogP contribution in [0.5, 0.6) is 0 Å². The van der Waals surface area contributed by atoms with Gasteiger partial charge in [0.25, 0.3) is 0 Å². The highest BCUT2D eigenvalue weighted by Gasteiger charge is 2.55. The summed E-state index contributed by atoms with van der Waals surface area (Å²) >= 11 is 0. The molecular formula is C29H33N3O3. The number of nitrogens with one attached hydrogen (secondary N) is 1. The van der Waals surface area contributed by atoms with Crippen LogP contribution in [0.1, 0.15) is 55.3 Å². The molecule has 2 aromatic rings. The van der Waals surface area contributed by atoms with Crippen molar-refractivity contribution in [2.75, 3.05) is 13.1 Å². The second-order valence-corrected chi connectivity index (χ2v) is 10.7. The number of allylic oxidation sites excluding steroid dienone is 2. The number of nitrogens with zero attached hydrogens (tertiary/aromatic N) is 2. The third-order valence-corrected chi connectivity index (χ3v) is 8.78. The van der Waals surface area contributed by atoms with Crippen LogP contribution in [0.4, 0.5) is 0 Å².